The largest absolute Gasteiger partial charge is 0.355 e. The molecule has 0 atom stereocenters. The molecule has 5 heteroatoms. The number of nitrogens with one attached hydrogen (secondary N) is 2. The minimum Gasteiger partial charge on any atom is -0.355 e. The maximum atomic E-state index is 5.90. The second kappa shape index (κ2) is 8.25. The van der Waals surface area contributed by atoms with Crippen LogP contribution in [0.15, 0.2) is 29.3 Å². The first-order chi connectivity index (χ1) is 9.81. The molecule has 0 fully saturated rings. The summed E-state index contributed by atoms with van der Waals surface area (Å²) in [5.41, 5.74) is 1.35. The van der Waals surface area contributed by atoms with Gasteiger partial charge in [0.2, 0.25) is 0 Å². The number of aliphatic imine (C=N–C) groups is 1. The lowest BCUT2D eigenvalue weighted by Gasteiger charge is -2.24. The SMILES string of the molecule is CN=C(NCCNC(C)(C)C)N(C)Cc1ccc(Cl)cc1. The summed E-state index contributed by atoms with van der Waals surface area (Å²) in [5.74, 6) is 0.889. The topological polar surface area (TPSA) is 39.7 Å². The molecule has 118 valence electrons. The van der Waals surface area contributed by atoms with Gasteiger partial charge in [0.15, 0.2) is 5.96 Å². The lowest BCUT2D eigenvalue weighted by molar-refractivity contribution is 0.422. The quantitative estimate of drug-likeness (QED) is 0.499. The number of guanidine groups is 1. The van der Waals surface area contributed by atoms with E-state index in [0.29, 0.717) is 0 Å². The smallest absolute Gasteiger partial charge is 0.193 e. The van der Waals surface area contributed by atoms with E-state index in [1.807, 2.05) is 31.3 Å². The number of hydrogen-bond donors (Lipinski definition) is 2. The Morgan fingerprint density at radius 1 is 1.19 bits per heavy atom. The number of nitrogens with zero attached hydrogens (tertiary/aromatic N) is 2. The van der Waals surface area contributed by atoms with E-state index in [1.165, 1.54) is 5.56 Å². The molecule has 0 aromatic heterocycles. The molecule has 0 saturated carbocycles. The molecule has 0 bridgehead atoms. The zero-order chi connectivity index (χ0) is 15.9. The van der Waals surface area contributed by atoms with Crippen molar-refractivity contribution in [3.63, 3.8) is 0 Å². The predicted molar refractivity (Wildman–Crippen MR) is 92.0 cm³/mol. The van der Waals surface area contributed by atoms with Crippen molar-refractivity contribution in [2.75, 3.05) is 27.2 Å². The summed E-state index contributed by atoms with van der Waals surface area (Å²) >= 11 is 5.90. The number of benzene rings is 1. The Morgan fingerprint density at radius 2 is 1.81 bits per heavy atom. The van der Waals surface area contributed by atoms with E-state index >= 15 is 0 Å². The molecule has 1 aromatic carbocycles. The van der Waals surface area contributed by atoms with E-state index in [0.717, 1.165) is 30.6 Å². The highest BCUT2D eigenvalue weighted by Crippen LogP contribution is 2.10. The van der Waals surface area contributed by atoms with Crippen LogP contribution in [-0.4, -0.2) is 43.6 Å². The van der Waals surface area contributed by atoms with E-state index < -0.39 is 0 Å². The van der Waals surface area contributed by atoms with Gasteiger partial charge in [-0.15, -0.1) is 0 Å². The van der Waals surface area contributed by atoms with Crippen molar-refractivity contribution in [3.05, 3.63) is 34.9 Å². The van der Waals surface area contributed by atoms with Crippen molar-refractivity contribution in [2.24, 2.45) is 4.99 Å². The van der Waals surface area contributed by atoms with E-state index in [1.54, 1.807) is 7.05 Å². The van der Waals surface area contributed by atoms with Crippen LogP contribution in [-0.2, 0) is 6.54 Å². The molecule has 0 saturated heterocycles. The average Bonchev–Trinajstić information content (AvgIpc) is 2.40. The second-order valence-electron chi connectivity index (χ2n) is 6.13. The minimum absolute atomic E-state index is 0.139. The highest BCUT2D eigenvalue weighted by molar-refractivity contribution is 6.30. The summed E-state index contributed by atoms with van der Waals surface area (Å²) in [5, 5.41) is 7.57. The van der Waals surface area contributed by atoms with E-state index in [2.05, 4.69) is 41.3 Å². The van der Waals surface area contributed by atoms with Crippen LogP contribution in [0.4, 0.5) is 0 Å². The Bertz CT molecular complexity index is 448. The third-order valence-electron chi connectivity index (χ3n) is 2.97. The normalized spacial score (nSPS) is 12.4. The molecule has 4 nitrogen and oxygen atoms in total. The maximum Gasteiger partial charge on any atom is 0.193 e. The molecule has 0 aliphatic rings. The van der Waals surface area contributed by atoms with Crippen molar-refractivity contribution in [3.8, 4) is 0 Å². The standard InChI is InChI=1S/C16H27ClN4/c1-16(2,3)20-11-10-19-15(18-4)21(5)12-13-6-8-14(17)9-7-13/h6-9,20H,10-12H2,1-5H3,(H,18,19). The van der Waals surface area contributed by atoms with Crippen molar-refractivity contribution in [1.82, 2.24) is 15.5 Å². The molecule has 0 radical (unpaired) electrons. The predicted octanol–water partition coefficient (Wildman–Crippen LogP) is 2.74. The van der Waals surface area contributed by atoms with Crippen molar-refractivity contribution >= 4 is 17.6 Å². The van der Waals surface area contributed by atoms with Crippen LogP contribution in [0.2, 0.25) is 5.02 Å². The third kappa shape index (κ3) is 7.34. The summed E-state index contributed by atoms with van der Waals surface area (Å²) in [7, 11) is 3.83. The minimum atomic E-state index is 0.139. The van der Waals surface area contributed by atoms with Crippen molar-refractivity contribution in [1.29, 1.82) is 0 Å². The van der Waals surface area contributed by atoms with Gasteiger partial charge >= 0.3 is 0 Å². The van der Waals surface area contributed by atoms with Gasteiger partial charge in [0.25, 0.3) is 0 Å². The van der Waals surface area contributed by atoms with Crippen LogP contribution in [0.5, 0.6) is 0 Å². The first kappa shape index (κ1) is 17.8. The second-order valence-corrected chi connectivity index (χ2v) is 6.57. The maximum absolute atomic E-state index is 5.90. The van der Waals surface area contributed by atoms with Gasteiger partial charge in [0, 0.05) is 44.3 Å². The summed E-state index contributed by atoms with van der Waals surface area (Å²) in [6.45, 7) is 9.02. The van der Waals surface area contributed by atoms with Gasteiger partial charge in [-0.1, -0.05) is 23.7 Å². The fraction of sp³-hybridized carbons (Fsp3) is 0.562. The molecule has 0 spiro atoms. The average molecular weight is 311 g/mol. The van der Waals surface area contributed by atoms with Gasteiger partial charge in [0.1, 0.15) is 0 Å². The molecule has 1 aromatic rings. The monoisotopic (exact) mass is 310 g/mol. The van der Waals surface area contributed by atoms with Gasteiger partial charge in [-0.3, -0.25) is 4.99 Å². The summed E-state index contributed by atoms with van der Waals surface area (Å²) in [6, 6.07) is 7.89. The third-order valence-corrected chi connectivity index (χ3v) is 3.22. The van der Waals surface area contributed by atoms with Gasteiger partial charge in [-0.25, -0.2) is 0 Å². The molecule has 1 rings (SSSR count). The van der Waals surface area contributed by atoms with Crippen molar-refractivity contribution < 1.29 is 0 Å². The van der Waals surface area contributed by atoms with Crippen LogP contribution in [0.1, 0.15) is 26.3 Å². The fourth-order valence-corrected chi connectivity index (χ4v) is 2.06. The summed E-state index contributed by atoms with van der Waals surface area (Å²) < 4.78 is 0. The van der Waals surface area contributed by atoms with E-state index in [-0.39, 0.29) is 5.54 Å². The molecule has 21 heavy (non-hydrogen) atoms. The molecular weight excluding hydrogens is 284 g/mol. The molecule has 0 aliphatic carbocycles. The Morgan fingerprint density at radius 3 is 2.33 bits per heavy atom. The number of halogens is 1. The molecule has 0 aliphatic heterocycles. The van der Waals surface area contributed by atoms with Gasteiger partial charge in [0.05, 0.1) is 0 Å². The Kier molecular flexibility index (Phi) is 6.99. The number of hydrogen-bond acceptors (Lipinski definition) is 2. The van der Waals surface area contributed by atoms with E-state index in [4.69, 9.17) is 11.6 Å². The highest BCUT2D eigenvalue weighted by atomic mass is 35.5. The first-order valence-electron chi connectivity index (χ1n) is 7.23. The summed E-state index contributed by atoms with van der Waals surface area (Å²) in [6.07, 6.45) is 0. The Hall–Kier alpha value is -1.26. The molecule has 0 heterocycles. The zero-order valence-corrected chi connectivity index (χ0v) is 14.5. The Balaban J connectivity index is 2.43. The van der Waals surface area contributed by atoms with Crippen LogP contribution in [0.3, 0.4) is 0 Å². The van der Waals surface area contributed by atoms with Crippen LogP contribution in [0, 0.1) is 0 Å². The van der Waals surface area contributed by atoms with Gasteiger partial charge in [-0.2, -0.15) is 0 Å². The van der Waals surface area contributed by atoms with Gasteiger partial charge < -0.3 is 15.5 Å². The van der Waals surface area contributed by atoms with E-state index in [9.17, 15) is 0 Å². The molecular formula is C16H27ClN4. The Labute approximate surface area is 133 Å². The lowest BCUT2D eigenvalue weighted by atomic mass is 10.1. The van der Waals surface area contributed by atoms with Crippen molar-refractivity contribution in [2.45, 2.75) is 32.9 Å². The van der Waals surface area contributed by atoms with Gasteiger partial charge in [-0.05, 0) is 38.5 Å². The molecule has 2 N–H and O–H groups in total. The summed E-state index contributed by atoms with van der Waals surface area (Å²) in [4.78, 5) is 6.41. The highest BCUT2D eigenvalue weighted by Gasteiger charge is 2.09. The zero-order valence-electron chi connectivity index (χ0n) is 13.7. The van der Waals surface area contributed by atoms with Crippen LogP contribution >= 0.6 is 11.6 Å². The molecule has 0 unspecified atom stereocenters. The lowest BCUT2D eigenvalue weighted by Crippen LogP contribution is -2.44. The molecule has 0 amide bonds. The fourth-order valence-electron chi connectivity index (χ4n) is 1.94. The number of rotatable bonds is 5. The van der Waals surface area contributed by atoms with Crippen LogP contribution < -0.4 is 10.6 Å². The first-order valence-corrected chi connectivity index (χ1v) is 7.61. The van der Waals surface area contributed by atoms with Crippen LogP contribution in [0.25, 0.3) is 0 Å².